The summed E-state index contributed by atoms with van der Waals surface area (Å²) in [7, 11) is 0. The third-order valence-electron chi connectivity index (χ3n) is 3.48. The zero-order chi connectivity index (χ0) is 15.0. The second-order valence-electron chi connectivity index (χ2n) is 4.85. The molecule has 0 aromatic heterocycles. The number of Topliss-reactive ketones (excluding diaryl/α,β-unsaturated/α-hetero) is 1. The quantitative estimate of drug-likeness (QED) is 0.784. The molecule has 0 bridgehead atoms. The van der Waals surface area contributed by atoms with Crippen LogP contribution in [0.2, 0.25) is 5.02 Å². The Labute approximate surface area is 125 Å². The number of ketones is 1. The van der Waals surface area contributed by atoms with Crippen LogP contribution in [0, 0.1) is 0 Å². The number of carbonyl (C=O) groups is 1. The Bertz CT molecular complexity index is 683. The van der Waals surface area contributed by atoms with Gasteiger partial charge in [-0.25, -0.2) is 0 Å². The molecule has 0 amide bonds. The zero-order valence-electron chi connectivity index (χ0n) is 10.9. The minimum Gasteiger partial charge on any atom is -0.362 e. The maximum atomic E-state index is 14.5. The summed E-state index contributed by atoms with van der Waals surface area (Å²) in [5.74, 6) is -4.89. The lowest BCUT2D eigenvalue weighted by atomic mass is 9.95. The van der Waals surface area contributed by atoms with Crippen molar-refractivity contribution in [2.75, 3.05) is 0 Å². The van der Waals surface area contributed by atoms with E-state index in [2.05, 4.69) is 0 Å². The molecule has 1 aliphatic heterocycles. The number of rotatable bonds is 3. The highest BCUT2D eigenvalue weighted by Crippen LogP contribution is 2.43. The molecule has 0 N–H and O–H groups in total. The first-order valence-electron chi connectivity index (χ1n) is 6.38. The van der Waals surface area contributed by atoms with E-state index in [0.717, 1.165) is 0 Å². The molecule has 0 unspecified atom stereocenters. The predicted molar refractivity (Wildman–Crippen MR) is 74.7 cm³/mol. The van der Waals surface area contributed by atoms with Crippen LogP contribution in [0.3, 0.4) is 0 Å². The molecule has 21 heavy (non-hydrogen) atoms. The number of ether oxygens (including phenoxy) is 1. The van der Waals surface area contributed by atoms with E-state index in [0.29, 0.717) is 16.1 Å². The van der Waals surface area contributed by atoms with Crippen LogP contribution in [0.4, 0.5) is 8.78 Å². The fraction of sp³-hybridized carbons (Fsp3) is 0.188. The molecule has 108 valence electrons. The Balaban J connectivity index is 1.94. The Hall–Kier alpha value is -1.78. The van der Waals surface area contributed by atoms with E-state index in [1.54, 1.807) is 24.3 Å². The van der Waals surface area contributed by atoms with Crippen molar-refractivity contribution in [1.29, 1.82) is 0 Å². The number of hydrogen-bond donors (Lipinski definition) is 0. The first kappa shape index (κ1) is 14.2. The highest BCUT2D eigenvalue weighted by atomic mass is 35.5. The fourth-order valence-electron chi connectivity index (χ4n) is 2.40. The summed E-state index contributed by atoms with van der Waals surface area (Å²) in [4.78, 5) is 12.1. The molecule has 1 heterocycles. The van der Waals surface area contributed by atoms with Crippen molar-refractivity contribution in [1.82, 2.24) is 0 Å². The van der Waals surface area contributed by atoms with Gasteiger partial charge in [-0.2, -0.15) is 8.78 Å². The number of hydrogen-bond acceptors (Lipinski definition) is 2. The minimum absolute atomic E-state index is 0.0858. The first-order valence-corrected chi connectivity index (χ1v) is 6.75. The van der Waals surface area contributed by atoms with E-state index in [-0.39, 0.29) is 12.2 Å². The van der Waals surface area contributed by atoms with Gasteiger partial charge in [0.05, 0.1) is 6.61 Å². The summed E-state index contributed by atoms with van der Waals surface area (Å²) in [5.41, 5.74) is 0.966. The molecule has 3 rings (SSSR count). The number of benzene rings is 2. The van der Waals surface area contributed by atoms with Crippen molar-refractivity contribution in [2.45, 2.75) is 18.6 Å². The summed E-state index contributed by atoms with van der Waals surface area (Å²) in [5, 5.41) is 0.386. The molecule has 0 radical (unpaired) electrons. The van der Waals surface area contributed by atoms with Crippen molar-refractivity contribution >= 4 is 17.4 Å². The van der Waals surface area contributed by atoms with E-state index in [4.69, 9.17) is 16.3 Å². The molecule has 2 nitrogen and oxygen atoms in total. The maximum Gasteiger partial charge on any atom is 0.339 e. The van der Waals surface area contributed by atoms with Crippen molar-refractivity contribution < 1.29 is 18.3 Å². The van der Waals surface area contributed by atoms with Crippen LogP contribution in [0.5, 0.6) is 0 Å². The Kier molecular flexibility index (Phi) is 3.51. The van der Waals surface area contributed by atoms with Gasteiger partial charge in [-0.05, 0) is 35.4 Å². The van der Waals surface area contributed by atoms with Gasteiger partial charge in [-0.15, -0.1) is 0 Å². The van der Waals surface area contributed by atoms with E-state index >= 15 is 0 Å². The summed E-state index contributed by atoms with van der Waals surface area (Å²) < 4.78 is 34.1. The standard InChI is InChI=1S/C16H11ClF2O2/c17-12-7-5-10(6-8-12)14(20)16(18,19)15-13-4-2-1-3-11(13)9-21-15/h1-8,15H,9H2/t15-/m1/s1. The molecule has 0 spiro atoms. The fourth-order valence-corrected chi connectivity index (χ4v) is 2.52. The summed E-state index contributed by atoms with van der Waals surface area (Å²) in [6, 6.07) is 12.1. The SMILES string of the molecule is O=C(c1ccc(Cl)cc1)C(F)(F)[C@@H]1OCc2ccccc21. The Morgan fingerprint density at radius 2 is 1.81 bits per heavy atom. The molecule has 0 saturated carbocycles. The lowest BCUT2D eigenvalue weighted by molar-refractivity contribution is -0.105. The summed E-state index contributed by atoms with van der Waals surface area (Å²) >= 11 is 5.70. The largest absolute Gasteiger partial charge is 0.362 e. The monoisotopic (exact) mass is 308 g/mol. The van der Waals surface area contributed by atoms with Gasteiger partial charge in [0.1, 0.15) is 0 Å². The second-order valence-corrected chi connectivity index (χ2v) is 5.29. The third-order valence-corrected chi connectivity index (χ3v) is 3.73. The lowest BCUT2D eigenvalue weighted by Gasteiger charge is -2.22. The number of fused-ring (bicyclic) bond motifs is 1. The number of halogens is 3. The van der Waals surface area contributed by atoms with E-state index in [1.807, 2.05) is 0 Å². The Morgan fingerprint density at radius 1 is 1.14 bits per heavy atom. The molecular formula is C16H11ClF2O2. The minimum atomic E-state index is -3.62. The third kappa shape index (κ3) is 2.45. The van der Waals surface area contributed by atoms with Gasteiger partial charge in [0.15, 0.2) is 6.10 Å². The first-order chi connectivity index (χ1) is 10.00. The van der Waals surface area contributed by atoms with Crippen LogP contribution in [0.25, 0.3) is 0 Å². The van der Waals surface area contributed by atoms with Crippen molar-refractivity contribution in [2.24, 2.45) is 0 Å². The normalized spacial score (nSPS) is 17.6. The van der Waals surface area contributed by atoms with Gasteiger partial charge in [0.2, 0.25) is 5.78 Å². The Morgan fingerprint density at radius 3 is 2.52 bits per heavy atom. The molecule has 2 aromatic rings. The summed E-state index contributed by atoms with van der Waals surface area (Å²) in [6.45, 7) is 0.0876. The highest BCUT2D eigenvalue weighted by Gasteiger charge is 2.51. The topological polar surface area (TPSA) is 26.3 Å². The molecule has 0 saturated heterocycles. The van der Waals surface area contributed by atoms with Crippen molar-refractivity contribution in [3.63, 3.8) is 0 Å². The van der Waals surface area contributed by atoms with Crippen LogP contribution >= 0.6 is 11.6 Å². The van der Waals surface area contributed by atoms with E-state index < -0.39 is 17.8 Å². The molecule has 0 aliphatic carbocycles. The highest BCUT2D eigenvalue weighted by molar-refractivity contribution is 6.30. The van der Waals surface area contributed by atoms with Gasteiger partial charge in [0.25, 0.3) is 0 Å². The second kappa shape index (κ2) is 5.20. The van der Waals surface area contributed by atoms with Gasteiger partial charge in [-0.3, -0.25) is 4.79 Å². The molecule has 1 aliphatic rings. The van der Waals surface area contributed by atoms with Crippen molar-refractivity contribution in [3.05, 3.63) is 70.2 Å². The maximum absolute atomic E-state index is 14.5. The molecule has 1 atom stereocenters. The van der Waals surface area contributed by atoms with Crippen LogP contribution in [0.1, 0.15) is 27.6 Å². The van der Waals surface area contributed by atoms with Crippen LogP contribution in [-0.2, 0) is 11.3 Å². The number of carbonyl (C=O) groups excluding carboxylic acids is 1. The molecule has 0 fully saturated rings. The van der Waals surface area contributed by atoms with Crippen molar-refractivity contribution in [3.8, 4) is 0 Å². The zero-order valence-corrected chi connectivity index (χ0v) is 11.6. The predicted octanol–water partition coefficient (Wildman–Crippen LogP) is 4.43. The van der Waals surface area contributed by atoms with Gasteiger partial charge < -0.3 is 4.74 Å². The average Bonchev–Trinajstić information content (AvgIpc) is 2.92. The molecule has 2 aromatic carbocycles. The number of alkyl halides is 2. The smallest absolute Gasteiger partial charge is 0.339 e. The average molecular weight is 309 g/mol. The van der Waals surface area contributed by atoms with E-state index in [9.17, 15) is 13.6 Å². The van der Waals surface area contributed by atoms with Crippen LogP contribution in [0.15, 0.2) is 48.5 Å². The van der Waals surface area contributed by atoms with Crippen LogP contribution < -0.4 is 0 Å². The van der Waals surface area contributed by atoms with E-state index in [1.165, 1.54) is 24.3 Å². The van der Waals surface area contributed by atoms with Gasteiger partial charge >= 0.3 is 5.92 Å². The molecule has 5 heteroatoms. The summed E-state index contributed by atoms with van der Waals surface area (Å²) in [6.07, 6.45) is -1.54. The molecular weight excluding hydrogens is 298 g/mol. The van der Waals surface area contributed by atoms with Gasteiger partial charge in [-0.1, -0.05) is 35.9 Å². The van der Waals surface area contributed by atoms with Crippen LogP contribution in [-0.4, -0.2) is 11.7 Å². The lowest BCUT2D eigenvalue weighted by Crippen LogP contribution is -2.35. The van der Waals surface area contributed by atoms with Gasteiger partial charge in [0, 0.05) is 10.6 Å².